The smallest absolute Gasteiger partial charge is 0.136 e. The monoisotopic (exact) mass is 841 g/mol. The summed E-state index contributed by atoms with van der Waals surface area (Å²) in [6, 6.07) is 83.3. The van der Waals surface area contributed by atoms with E-state index in [-0.39, 0.29) is 5.41 Å². The molecule has 1 aromatic heterocycles. The van der Waals surface area contributed by atoms with Crippen LogP contribution in [-0.2, 0) is 10.8 Å². The molecule has 0 bridgehead atoms. The number of furan rings is 1. The van der Waals surface area contributed by atoms with Gasteiger partial charge in [-0.05, 0) is 132 Å². The number of benzene rings is 10. The lowest BCUT2D eigenvalue weighted by Crippen LogP contribution is -2.25. The van der Waals surface area contributed by atoms with E-state index in [0.29, 0.717) is 0 Å². The first kappa shape index (κ1) is 37.2. The molecular formula is C64H43NO. The van der Waals surface area contributed by atoms with Crippen LogP contribution < -0.4 is 4.90 Å². The quantitative estimate of drug-likeness (QED) is 0.172. The Bertz CT molecular complexity index is 3760. The number of para-hydroxylation sites is 2. The first-order valence-electron chi connectivity index (χ1n) is 23.1. The van der Waals surface area contributed by atoms with E-state index in [9.17, 15) is 0 Å². The van der Waals surface area contributed by atoms with Gasteiger partial charge < -0.3 is 9.32 Å². The van der Waals surface area contributed by atoms with E-state index >= 15 is 0 Å². The van der Waals surface area contributed by atoms with Crippen LogP contribution in [0.2, 0.25) is 0 Å². The number of hydrogen-bond donors (Lipinski definition) is 0. The molecule has 14 rings (SSSR count). The molecule has 3 aliphatic rings. The van der Waals surface area contributed by atoms with Gasteiger partial charge in [0.2, 0.25) is 0 Å². The van der Waals surface area contributed by atoms with Crippen molar-refractivity contribution in [2.45, 2.75) is 24.7 Å². The van der Waals surface area contributed by atoms with Gasteiger partial charge in [0, 0.05) is 33.1 Å². The molecule has 3 aliphatic carbocycles. The fraction of sp³-hybridized carbons (Fsp3) is 0.0625. The van der Waals surface area contributed by atoms with Crippen LogP contribution in [0.15, 0.2) is 229 Å². The summed E-state index contributed by atoms with van der Waals surface area (Å²) in [5.74, 6) is 0. The first-order chi connectivity index (χ1) is 32.5. The molecule has 310 valence electrons. The predicted octanol–water partition coefficient (Wildman–Crippen LogP) is 17.0. The summed E-state index contributed by atoms with van der Waals surface area (Å²) in [6.45, 7) is 4.74. The maximum Gasteiger partial charge on any atom is 0.136 e. The zero-order valence-corrected chi connectivity index (χ0v) is 36.7. The Morgan fingerprint density at radius 3 is 1.59 bits per heavy atom. The van der Waals surface area contributed by atoms with Crippen LogP contribution in [0, 0.1) is 0 Å². The lowest BCUT2D eigenvalue weighted by Gasteiger charge is -2.31. The Morgan fingerprint density at radius 1 is 0.333 bits per heavy atom. The summed E-state index contributed by atoms with van der Waals surface area (Å²) < 4.78 is 6.33. The minimum atomic E-state index is -0.425. The molecule has 2 heteroatoms. The van der Waals surface area contributed by atoms with E-state index in [1.54, 1.807) is 0 Å². The number of nitrogens with zero attached hydrogens (tertiary/aromatic N) is 1. The summed E-state index contributed by atoms with van der Waals surface area (Å²) in [4.78, 5) is 2.48. The molecule has 1 spiro atoms. The van der Waals surface area contributed by atoms with Gasteiger partial charge in [0.05, 0.1) is 11.1 Å². The second kappa shape index (κ2) is 13.7. The predicted molar refractivity (Wildman–Crippen MR) is 273 cm³/mol. The molecular weight excluding hydrogens is 799 g/mol. The van der Waals surface area contributed by atoms with E-state index in [1.165, 1.54) is 77.9 Å². The highest BCUT2D eigenvalue weighted by atomic mass is 16.3. The minimum Gasteiger partial charge on any atom is -0.456 e. The second-order valence-corrected chi connectivity index (χ2v) is 18.7. The largest absolute Gasteiger partial charge is 0.456 e. The van der Waals surface area contributed by atoms with Crippen molar-refractivity contribution in [2.75, 3.05) is 4.90 Å². The van der Waals surface area contributed by atoms with Gasteiger partial charge in [0.1, 0.15) is 11.2 Å². The van der Waals surface area contributed by atoms with Crippen molar-refractivity contribution in [3.8, 4) is 55.6 Å². The third kappa shape index (κ3) is 4.96. The highest BCUT2D eigenvalue weighted by Crippen LogP contribution is 2.64. The zero-order chi connectivity index (χ0) is 43.7. The van der Waals surface area contributed by atoms with E-state index in [2.05, 4.69) is 231 Å². The minimum absolute atomic E-state index is 0.154. The van der Waals surface area contributed by atoms with E-state index in [1.807, 2.05) is 12.1 Å². The molecule has 0 saturated heterocycles. The van der Waals surface area contributed by atoms with Gasteiger partial charge in [-0.2, -0.15) is 0 Å². The van der Waals surface area contributed by atoms with Crippen molar-refractivity contribution >= 4 is 39.0 Å². The number of hydrogen-bond acceptors (Lipinski definition) is 2. The Kier molecular flexibility index (Phi) is 7.70. The lowest BCUT2D eigenvalue weighted by atomic mass is 9.70. The summed E-state index contributed by atoms with van der Waals surface area (Å²) >= 11 is 0. The Morgan fingerprint density at radius 2 is 0.848 bits per heavy atom. The summed E-state index contributed by atoms with van der Waals surface area (Å²) in [5.41, 5.74) is 25.2. The van der Waals surface area contributed by atoms with Crippen LogP contribution in [0.4, 0.5) is 17.1 Å². The van der Waals surface area contributed by atoms with Crippen LogP contribution in [0.25, 0.3) is 77.6 Å². The first-order valence-corrected chi connectivity index (χ1v) is 23.1. The van der Waals surface area contributed by atoms with Crippen molar-refractivity contribution in [3.63, 3.8) is 0 Å². The van der Waals surface area contributed by atoms with Crippen LogP contribution in [0.3, 0.4) is 0 Å². The van der Waals surface area contributed by atoms with Crippen LogP contribution in [0.5, 0.6) is 0 Å². The number of rotatable bonds is 5. The van der Waals surface area contributed by atoms with Gasteiger partial charge in [-0.1, -0.05) is 190 Å². The molecule has 0 radical (unpaired) electrons. The van der Waals surface area contributed by atoms with Crippen molar-refractivity contribution < 1.29 is 4.42 Å². The molecule has 0 unspecified atom stereocenters. The molecule has 10 aromatic carbocycles. The van der Waals surface area contributed by atoms with Gasteiger partial charge in [-0.15, -0.1) is 0 Å². The standard InChI is InChI=1S/C64H43NO/c1-63(2)53-23-9-3-16-44(53)47-37-35-43(39-58(47)63)65(42-33-30-40(31-34-42)41-32-36-50-49-20-8-14-29-60(49)66-61(50)38-41)59-28-13-7-19-48(59)51-22-15-27-57-62(51)52-21-6-12-26-56(52)64(57)54-24-10-4-17-45(54)46-18-5-11-25-55(46)64/h3-39H,1-2H3. The molecule has 66 heavy (non-hydrogen) atoms. The van der Waals surface area contributed by atoms with Crippen LogP contribution >= 0.6 is 0 Å². The Hall–Kier alpha value is -8.20. The third-order valence-corrected chi connectivity index (χ3v) is 15.1. The average molecular weight is 842 g/mol. The third-order valence-electron chi connectivity index (χ3n) is 15.1. The van der Waals surface area contributed by atoms with Gasteiger partial charge in [-0.3, -0.25) is 0 Å². The molecule has 0 atom stereocenters. The Balaban J connectivity index is 0.973. The lowest BCUT2D eigenvalue weighted by molar-refractivity contribution is 0.660. The van der Waals surface area contributed by atoms with Crippen molar-refractivity contribution in [3.05, 3.63) is 258 Å². The SMILES string of the molecule is CC1(C)c2ccccc2-c2ccc(N(c3ccc(-c4ccc5c(c4)oc4ccccc45)cc3)c3ccccc3-c3cccc4c3-c3ccccc3C43c4ccccc4-c4ccccc43)cc21. The van der Waals surface area contributed by atoms with Crippen LogP contribution in [0.1, 0.15) is 47.2 Å². The summed E-state index contributed by atoms with van der Waals surface area (Å²) in [5, 5.41) is 2.28. The van der Waals surface area contributed by atoms with Gasteiger partial charge in [0.25, 0.3) is 0 Å². The topological polar surface area (TPSA) is 16.4 Å². The highest BCUT2D eigenvalue weighted by molar-refractivity contribution is 6.06. The van der Waals surface area contributed by atoms with Crippen molar-refractivity contribution in [2.24, 2.45) is 0 Å². The second-order valence-electron chi connectivity index (χ2n) is 18.7. The molecule has 0 N–H and O–H groups in total. The summed E-state index contributed by atoms with van der Waals surface area (Å²) in [7, 11) is 0. The molecule has 0 saturated carbocycles. The maximum atomic E-state index is 6.33. The van der Waals surface area contributed by atoms with E-state index in [4.69, 9.17) is 4.42 Å². The molecule has 2 nitrogen and oxygen atoms in total. The van der Waals surface area contributed by atoms with Crippen molar-refractivity contribution in [1.82, 2.24) is 0 Å². The Labute approximate surface area is 384 Å². The molecule has 0 aliphatic heterocycles. The average Bonchev–Trinajstić information content (AvgIpc) is 4.06. The number of fused-ring (bicyclic) bond motifs is 16. The molecule has 1 heterocycles. The van der Waals surface area contributed by atoms with Gasteiger partial charge in [0.15, 0.2) is 0 Å². The number of anilines is 3. The van der Waals surface area contributed by atoms with Crippen LogP contribution in [-0.4, -0.2) is 0 Å². The van der Waals surface area contributed by atoms with E-state index in [0.717, 1.165) is 50.1 Å². The summed E-state index contributed by atoms with van der Waals surface area (Å²) in [6.07, 6.45) is 0. The van der Waals surface area contributed by atoms with Crippen molar-refractivity contribution in [1.29, 1.82) is 0 Å². The normalized spacial score (nSPS) is 14.2. The van der Waals surface area contributed by atoms with Gasteiger partial charge >= 0.3 is 0 Å². The fourth-order valence-corrected chi connectivity index (χ4v) is 12.2. The zero-order valence-electron chi connectivity index (χ0n) is 36.7. The molecule has 11 aromatic rings. The maximum absolute atomic E-state index is 6.33. The van der Waals surface area contributed by atoms with Gasteiger partial charge in [-0.25, -0.2) is 0 Å². The van der Waals surface area contributed by atoms with E-state index < -0.39 is 5.41 Å². The molecule has 0 fully saturated rings. The fourth-order valence-electron chi connectivity index (χ4n) is 12.2. The highest BCUT2D eigenvalue weighted by Gasteiger charge is 2.52. The molecule has 0 amide bonds.